The van der Waals surface area contributed by atoms with E-state index in [4.69, 9.17) is 0 Å². The maximum absolute atomic E-state index is 13.3. The fourth-order valence-corrected chi connectivity index (χ4v) is 7.63. The third-order valence-corrected chi connectivity index (χ3v) is 10.1. The molecule has 1 heterocycles. The maximum Gasteiger partial charge on any atom is 0.246 e. The van der Waals surface area contributed by atoms with Crippen LogP contribution in [0.5, 0.6) is 0 Å². The monoisotopic (exact) mass is 476 g/mol. The van der Waals surface area contributed by atoms with Crippen molar-refractivity contribution >= 4 is 31.3 Å². The molecule has 2 aliphatic rings. The Balaban J connectivity index is 1.57. The van der Waals surface area contributed by atoms with Crippen LogP contribution < -0.4 is 5.32 Å². The number of rotatable bonds is 6. The Bertz CT molecular complexity index is 1160. The molecule has 2 aromatic carbocycles. The van der Waals surface area contributed by atoms with Crippen LogP contribution in [0.3, 0.4) is 0 Å². The number of amides is 1. The van der Waals surface area contributed by atoms with E-state index in [-0.39, 0.29) is 40.6 Å². The highest BCUT2D eigenvalue weighted by Crippen LogP contribution is 2.31. The second kappa shape index (κ2) is 9.33. The van der Waals surface area contributed by atoms with Crippen molar-refractivity contribution in [2.45, 2.75) is 41.9 Å². The summed E-state index contributed by atoms with van der Waals surface area (Å²) >= 11 is 0. The van der Waals surface area contributed by atoms with Crippen molar-refractivity contribution in [3.63, 3.8) is 0 Å². The van der Waals surface area contributed by atoms with Gasteiger partial charge < -0.3 is 5.32 Å². The minimum absolute atomic E-state index is 0.0126. The Morgan fingerprint density at radius 1 is 0.969 bits per heavy atom. The minimum Gasteiger partial charge on any atom is -0.324 e. The lowest BCUT2D eigenvalue weighted by Crippen LogP contribution is -2.46. The molecule has 0 spiro atoms. The van der Waals surface area contributed by atoms with Gasteiger partial charge in [0.15, 0.2) is 19.7 Å². The molecule has 9 heteroatoms. The molecule has 1 N–H and O–H groups in total. The first kappa shape index (κ1) is 22.9. The van der Waals surface area contributed by atoms with Gasteiger partial charge in [-0.05, 0) is 36.6 Å². The highest BCUT2D eigenvalue weighted by Gasteiger charge is 2.33. The molecule has 0 radical (unpaired) electrons. The van der Waals surface area contributed by atoms with Crippen LogP contribution in [0.4, 0.5) is 5.69 Å². The van der Waals surface area contributed by atoms with Gasteiger partial charge in [0.2, 0.25) is 5.91 Å². The summed E-state index contributed by atoms with van der Waals surface area (Å²) in [5.41, 5.74) is 1.18. The number of nitrogens with one attached hydrogen (secondary N) is 1. The largest absolute Gasteiger partial charge is 0.324 e. The summed E-state index contributed by atoms with van der Waals surface area (Å²) in [6.07, 6.45) is 3.19. The summed E-state index contributed by atoms with van der Waals surface area (Å²) in [6, 6.07) is 15.0. The van der Waals surface area contributed by atoms with E-state index in [0.717, 1.165) is 18.4 Å². The maximum atomic E-state index is 13.3. The third kappa shape index (κ3) is 5.05. The van der Waals surface area contributed by atoms with Gasteiger partial charge in [-0.2, -0.15) is 0 Å². The van der Waals surface area contributed by atoms with E-state index in [0.29, 0.717) is 18.5 Å². The van der Waals surface area contributed by atoms with Crippen LogP contribution in [-0.2, 0) is 24.5 Å². The molecule has 1 atom stereocenters. The van der Waals surface area contributed by atoms with E-state index < -0.39 is 25.7 Å². The standard InChI is InChI=1S/C23H28N2O5S2/c26-23(22(18-7-2-1-3-8-18)25-13-15-31(27,28)16-14-25)24-19-9-6-12-21(17-19)32(29,30)20-10-4-5-11-20/h1-3,6-9,12,17,20,22H,4-5,10-11,13-16H2,(H,24,26). The van der Waals surface area contributed by atoms with Gasteiger partial charge >= 0.3 is 0 Å². The van der Waals surface area contributed by atoms with Crippen molar-refractivity contribution in [1.29, 1.82) is 0 Å². The zero-order valence-electron chi connectivity index (χ0n) is 17.8. The van der Waals surface area contributed by atoms with Crippen LogP contribution in [0, 0.1) is 0 Å². The van der Waals surface area contributed by atoms with Crippen LogP contribution in [0.15, 0.2) is 59.5 Å². The molecule has 4 rings (SSSR count). The Hall–Kier alpha value is -2.23. The molecule has 172 valence electrons. The topological polar surface area (TPSA) is 101 Å². The van der Waals surface area contributed by atoms with Crippen LogP contribution in [0.25, 0.3) is 0 Å². The summed E-state index contributed by atoms with van der Waals surface area (Å²) in [5, 5.41) is 2.51. The molecule has 1 aliphatic carbocycles. The lowest BCUT2D eigenvalue weighted by molar-refractivity contribution is -0.121. The molecule has 0 aromatic heterocycles. The summed E-state index contributed by atoms with van der Waals surface area (Å²) in [4.78, 5) is 15.4. The second-order valence-electron chi connectivity index (χ2n) is 8.47. The van der Waals surface area contributed by atoms with E-state index in [9.17, 15) is 21.6 Å². The molecule has 1 amide bonds. The van der Waals surface area contributed by atoms with Crippen molar-refractivity contribution in [3.05, 3.63) is 60.2 Å². The highest BCUT2D eigenvalue weighted by atomic mass is 32.2. The van der Waals surface area contributed by atoms with Gasteiger partial charge in [-0.1, -0.05) is 49.2 Å². The minimum atomic E-state index is -3.43. The van der Waals surface area contributed by atoms with Crippen molar-refractivity contribution in [2.24, 2.45) is 0 Å². The van der Waals surface area contributed by atoms with Crippen LogP contribution in [0.2, 0.25) is 0 Å². The molecule has 7 nitrogen and oxygen atoms in total. The van der Waals surface area contributed by atoms with Crippen molar-refractivity contribution < 1.29 is 21.6 Å². The quantitative estimate of drug-likeness (QED) is 0.688. The fourth-order valence-electron chi connectivity index (χ4n) is 4.50. The normalized spacial score (nSPS) is 20.6. The van der Waals surface area contributed by atoms with E-state index in [2.05, 4.69) is 5.32 Å². The van der Waals surface area contributed by atoms with Crippen LogP contribution in [0.1, 0.15) is 37.3 Å². The molecule has 2 fully saturated rings. The number of hydrogen-bond acceptors (Lipinski definition) is 6. The number of anilines is 1. The summed E-state index contributed by atoms with van der Waals surface area (Å²) < 4.78 is 49.7. The summed E-state index contributed by atoms with van der Waals surface area (Å²) in [7, 11) is -6.52. The van der Waals surface area contributed by atoms with Crippen LogP contribution in [-0.4, -0.2) is 57.5 Å². The van der Waals surface area contributed by atoms with Crippen molar-refractivity contribution in [3.8, 4) is 0 Å². The molecule has 1 saturated heterocycles. The predicted molar refractivity (Wildman–Crippen MR) is 124 cm³/mol. The average Bonchev–Trinajstić information content (AvgIpc) is 3.32. The van der Waals surface area contributed by atoms with E-state index in [1.165, 1.54) is 6.07 Å². The molecule has 2 aromatic rings. The smallest absolute Gasteiger partial charge is 0.246 e. The predicted octanol–water partition coefficient (Wildman–Crippen LogP) is 2.81. The Morgan fingerprint density at radius 2 is 1.62 bits per heavy atom. The average molecular weight is 477 g/mol. The first-order chi connectivity index (χ1) is 15.3. The first-order valence-corrected chi connectivity index (χ1v) is 14.3. The Labute approximate surface area is 189 Å². The second-order valence-corrected chi connectivity index (χ2v) is 13.0. The fraction of sp³-hybridized carbons (Fsp3) is 0.435. The van der Waals surface area contributed by atoms with Gasteiger partial charge in [0.05, 0.1) is 21.7 Å². The summed E-state index contributed by atoms with van der Waals surface area (Å²) in [5.74, 6) is -0.289. The number of hydrogen-bond donors (Lipinski definition) is 1. The lowest BCUT2D eigenvalue weighted by Gasteiger charge is -2.33. The molecular formula is C23H28N2O5S2. The number of carbonyl (C=O) groups is 1. The molecular weight excluding hydrogens is 448 g/mol. The van der Waals surface area contributed by atoms with Gasteiger partial charge in [0, 0.05) is 18.8 Å². The highest BCUT2D eigenvalue weighted by molar-refractivity contribution is 7.92. The molecule has 32 heavy (non-hydrogen) atoms. The van der Waals surface area contributed by atoms with Gasteiger partial charge in [0.25, 0.3) is 0 Å². The molecule has 0 bridgehead atoms. The van der Waals surface area contributed by atoms with Gasteiger partial charge in [-0.15, -0.1) is 0 Å². The zero-order valence-corrected chi connectivity index (χ0v) is 19.4. The van der Waals surface area contributed by atoms with Gasteiger partial charge in [0.1, 0.15) is 6.04 Å². The van der Waals surface area contributed by atoms with Gasteiger partial charge in [-0.25, -0.2) is 16.8 Å². The van der Waals surface area contributed by atoms with Crippen molar-refractivity contribution in [2.75, 3.05) is 29.9 Å². The number of nitrogens with zero attached hydrogens (tertiary/aromatic N) is 1. The van der Waals surface area contributed by atoms with Crippen molar-refractivity contribution in [1.82, 2.24) is 4.90 Å². The number of sulfone groups is 2. The van der Waals surface area contributed by atoms with E-state index in [1.807, 2.05) is 35.2 Å². The number of carbonyl (C=O) groups excluding carboxylic acids is 1. The molecule has 1 saturated carbocycles. The first-order valence-electron chi connectivity index (χ1n) is 10.9. The van der Waals surface area contributed by atoms with Gasteiger partial charge in [-0.3, -0.25) is 9.69 Å². The summed E-state index contributed by atoms with van der Waals surface area (Å²) in [6.45, 7) is 0.539. The lowest BCUT2D eigenvalue weighted by atomic mass is 10.0. The SMILES string of the molecule is O=C(Nc1cccc(S(=O)(=O)C2CCCC2)c1)C(c1ccccc1)N1CCS(=O)(=O)CC1. The van der Waals surface area contributed by atoms with Crippen LogP contribution >= 0.6 is 0 Å². The molecule has 1 aliphatic heterocycles. The Kier molecular flexibility index (Phi) is 6.69. The third-order valence-electron chi connectivity index (χ3n) is 6.28. The zero-order chi connectivity index (χ0) is 22.8. The van der Waals surface area contributed by atoms with E-state index >= 15 is 0 Å². The Morgan fingerprint density at radius 3 is 2.28 bits per heavy atom. The number of benzene rings is 2. The molecule has 1 unspecified atom stereocenters. The van der Waals surface area contributed by atoms with E-state index in [1.54, 1.807) is 18.2 Å².